The van der Waals surface area contributed by atoms with Gasteiger partial charge in [-0.25, -0.2) is 0 Å². The summed E-state index contributed by atoms with van der Waals surface area (Å²) in [6.07, 6.45) is 6.40. The highest BCUT2D eigenvalue weighted by molar-refractivity contribution is 5.99. The molecule has 1 aromatic carbocycles. The second kappa shape index (κ2) is 7.60. The van der Waals surface area contributed by atoms with E-state index in [4.69, 9.17) is 4.74 Å². The molecule has 3 heteroatoms. The number of ketones is 1. The van der Waals surface area contributed by atoms with Crippen LogP contribution in [0.4, 0.5) is 0 Å². The minimum Gasteiger partial charge on any atom is -0.497 e. The van der Waals surface area contributed by atoms with Crippen LogP contribution in [0, 0.1) is 0 Å². The van der Waals surface area contributed by atoms with Gasteiger partial charge in [-0.2, -0.15) is 0 Å². The monoisotopic (exact) mass is 289 g/mol. The van der Waals surface area contributed by atoms with Gasteiger partial charge in [-0.3, -0.25) is 9.69 Å². The Labute approximate surface area is 128 Å². The average Bonchev–Trinajstić information content (AvgIpc) is 2.56. The summed E-state index contributed by atoms with van der Waals surface area (Å²) in [7, 11) is 1.64. The van der Waals surface area contributed by atoms with Crippen molar-refractivity contribution in [1.82, 2.24) is 4.90 Å². The molecule has 0 saturated heterocycles. The Morgan fingerprint density at radius 1 is 1.24 bits per heavy atom. The summed E-state index contributed by atoms with van der Waals surface area (Å²) in [5.74, 6) is 1.00. The fourth-order valence-electron chi connectivity index (χ4n) is 3.41. The van der Waals surface area contributed by atoms with Crippen molar-refractivity contribution < 1.29 is 9.53 Å². The van der Waals surface area contributed by atoms with Crippen molar-refractivity contribution in [1.29, 1.82) is 0 Å². The first-order chi connectivity index (χ1) is 10.2. The molecule has 1 fully saturated rings. The van der Waals surface area contributed by atoms with E-state index in [-0.39, 0.29) is 11.8 Å². The first kappa shape index (κ1) is 16.0. The lowest BCUT2D eigenvalue weighted by atomic mass is 9.92. The summed E-state index contributed by atoms with van der Waals surface area (Å²) < 4.78 is 5.15. The minimum absolute atomic E-state index is 0.0495. The van der Waals surface area contributed by atoms with Gasteiger partial charge in [0.15, 0.2) is 5.78 Å². The highest BCUT2D eigenvalue weighted by Crippen LogP contribution is 2.25. The van der Waals surface area contributed by atoms with Gasteiger partial charge in [0, 0.05) is 11.6 Å². The number of carbonyl (C=O) groups excluding carboxylic acids is 1. The molecular formula is C18H27NO2. The van der Waals surface area contributed by atoms with Crippen LogP contribution >= 0.6 is 0 Å². The summed E-state index contributed by atoms with van der Waals surface area (Å²) >= 11 is 0. The van der Waals surface area contributed by atoms with Crippen molar-refractivity contribution in [3.05, 3.63) is 29.8 Å². The maximum atomic E-state index is 12.7. The molecule has 0 spiro atoms. The minimum atomic E-state index is -0.0495. The Bertz CT molecular complexity index is 449. The predicted molar refractivity (Wildman–Crippen MR) is 86.0 cm³/mol. The van der Waals surface area contributed by atoms with Gasteiger partial charge < -0.3 is 4.74 Å². The number of methoxy groups -OCH3 is 1. The van der Waals surface area contributed by atoms with Crippen LogP contribution in [-0.2, 0) is 0 Å². The van der Waals surface area contributed by atoms with Crippen LogP contribution in [-0.4, -0.2) is 36.4 Å². The van der Waals surface area contributed by atoms with Gasteiger partial charge in [0.05, 0.1) is 13.2 Å². The van der Waals surface area contributed by atoms with Crippen LogP contribution in [0.5, 0.6) is 5.75 Å². The Kier molecular flexibility index (Phi) is 5.80. The van der Waals surface area contributed by atoms with Crippen LogP contribution in [0.1, 0.15) is 56.3 Å². The summed E-state index contributed by atoms with van der Waals surface area (Å²) in [4.78, 5) is 15.1. The normalized spacial score (nSPS) is 17.7. The van der Waals surface area contributed by atoms with E-state index in [2.05, 4.69) is 11.8 Å². The third kappa shape index (κ3) is 3.85. The number of hydrogen-bond acceptors (Lipinski definition) is 3. The Hall–Kier alpha value is -1.35. The van der Waals surface area contributed by atoms with Crippen LogP contribution in [0.15, 0.2) is 24.3 Å². The number of hydrogen-bond donors (Lipinski definition) is 0. The van der Waals surface area contributed by atoms with Crippen molar-refractivity contribution >= 4 is 5.78 Å². The first-order valence-electron chi connectivity index (χ1n) is 8.11. The van der Waals surface area contributed by atoms with E-state index in [1.807, 2.05) is 31.2 Å². The smallest absolute Gasteiger partial charge is 0.179 e. The zero-order valence-electron chi connectivity index (χ0n) is 13.5. The van der Waals surface area contributed by atoms with Gasteiger partial charge in [-0.05, 0) is 50.6 Å². The van der Waals surface area contributed by atoms with E-state index in [0.717, 1.165) is 17.9 Å². The van der Waals surface area contributed by atoms with Gasteiger partial charge in [-0.15, -0.1) is 0 Å². The van der Waals surface area contributed by atoms with Crippen molar-refractivity contribution in [2.75, 3.05) is 13.7 Å². The van der Waals surface area contributed by atoms with Gasteiger partial charge in [0.1, 0.15) is 5.75 Å². The number of benzene rings is 1. The Balaban J connectivity index is 2.07. The van der Waals surface area contributed by atoms with E-state index in [1.54, 1.807) is 7.11 Å². The van der Waals surface area contributed by atoms with E-state index in [1.165, 1.54) is 32.1 Å². The maximum absolute atomic E-state index is 12.7. The lowest BCUT2D eigenvalue weighted by Crippen LogP contribution is -2.46. The second-order valence-electron chi connectivity index (χ2n) is 5.89. The van der Waals surface area contributed by atoms with Crippen molar-refractivity contribution in [2.45, 2.75) is 58.0 Å². The average molecular weight is 289 g/mol. The molecule has 0 radical (unpaired) electrons. The Morgan fingerprint density at radius 3 is 2.38 bits per heavy atom. The van der Waals surface area contributed by atoms with Gasteiger partial charge >= 0.3 is 0 Å². The van der Waals surface area contributed by atoms with E-state index < -0.39 is 0 Å². The quantitative estimate of drug-likeness (QED) is 0.743. The third-order valence-corrected chi connectivity index (χ3v) is 4.66. The molecule has 0 N–H and O–H groups in total. The molecule has 3 nitrogen and oxygen atoms in total. The van der Waals surface area contributed by atoms with Gasteiger partial charge in [0.2, 0.25) is 0 Å². The molecule has 0 aromatic heterocycles. The van der Waals surface area contributed by atoms with Crippen LogP contribution < -0.4 is 4.74 Å². The maximum Gasteiger partial charge on any atom is 0.179 e. The van der Waals surface area contributed by atoms with Gasteiger partial charge in [0.25, 0.3) is 0 Å². The number of likely N-dealkylation sites (N-methyl/N-ethyl adjacent to an activating group) is 1. The number of Topliss-reactive ketones (excluding diaryl/α,β-unsaturated/α-hetero) is 1. The van der Waals surface area contributed by atoms with Crippen molar-refractivity contribution in [2.24, 2.45) is 0 Å². The molecule has 1 aromatic rings. The molecule has 0 heterocycles. The molecule has 2 rings (SSSR count). The molecular weight excluding hydrogens is 262 g/mol. The molecule has 116 valence electrons. The SMILES string of the molecule is CCN(C1CCCCC1)C(C)C(=O)c1ccc(OC)cc1. The van der Waals surface area contributed by atoms with Gasteiger partial charge in [-0.1, -0.05) is 26.2 Å². The van der Waals surface area contributed by atoms with E-state index >= 15 is 0 Å². The summed E-state index contributed by atoms with van der Waals surface area (Å²) in [5.41, 5.74) is 0.776. The number of nitrogens with zero attached hydrogens (tertiary/aromatic N) is 1. The topological polar surface area (TPSA) is 29.5 Å². The molecule has 0 amide bonds. The van der Waals surface area contributed by atoms with Crippen LogP contribution in [0.3, 0.4) is 0 Å². The number of carbonyl (C=O) groups is 1. The van der Waals surface area contributed by atoms with Crippen LogP contribution in [0.25, 0.3) is 0 Å². The van der Waals surface area contributed by atoms with E-state index in [9.17, 15) is 4.79 Å². The first-order valence-corrected chi connectivity index (χ1v) is 8.11. The zero-order chi connectivity index (χ0) is 15.2. The number of ether oxygens (including phenoxy) is 1. The van der Waals surface area contributed by atoms with E-state index in [0.29, 0.717) is 6.04 Å². The second-order valence-corrected chi connectivity index (χ2v) is 5.89. The predicted octanol–water partition coefficient (Wildman–Crippen LogP) is 3.92. The summed E-state index contributed by atoms with van der Waals surface area (Å²) in [5, 5.41) is 0. The zero-order valence-corrected chi connectivity index (χ0v) is 13.5. The molecule has 1 unspecified atom stereocenters. The molecule has 1 aliphatic carbocycles. The number of rotatable bonds is 6. The molecule has 0 bridgehead atoms. The summed E-state index contributed by atoms with van der Waals surface area (Å²) in [6.45, 7) is 5.14. The third-order valence-electron chi connectivity index (χ3n) is 4.66. The van der Waals surface area contributed by atoms with Crippen molar-refractivity contribution in [3.8, 4) is 5.75 Å². The summed E-state index contributed by atoms with van der Waals surface area (Å²) in [6, 6.07) is 7.97. The van der Waals surface area contributed by atoms with Crippen LogP contribution in [0.2, 0.25) is 0 Å². The lowest BCUT2D eigenvalue weighted by Gasteiger charge is -2.37. The standard InChI is InChI=1S/C18H27NO2/c1-4-19(16-8-6-5-7-9-16)14(2)18(20)15-10-12-17(21-3)13-11-15/h10-14,16H,4-9H2,1-3H3. The fourth-order valence-corrected chi connectivity index (χ4v) is 3.41. The molecule has 21 heavy (non-hydrogen) atoms. The largest absolute Gasteiger partial charge is 0.497 e. The Morgan fingerprint density at radius 2 is 1.86 bits per heavy atom. The molecule has 1 aliphatic rings. The highest BCUT2D eigenvalue weighted by atomic mass is 16.5. The van der Waals surface area contributed by atoms with Crippen molar-refractivity contribution in [3.63, 3.8) is 0 Å². The highest BCUT2D eigenvalue weighted by Gasteiger charge is 2.28. The molecule has 1 saturated carbocycles. The molecule has 1 atom stereocenters. The molecule has 0 aliphatic heterocycles. The lowest BCUT2D eigenvalue weighted by molar-refractivity contribution is 0.0718. The fraction of sp³-hybridized carbons (Fsp3) is 0.611.